The molecule has 0 radical (unpaired) electrons. The zero-order valence-electron chi connectivity index (χ0n) is 15.7. The molecule has 0 bridgehead atoms. The highest BCUT2D eigenvalue weighted by Gasteiger charge is 2.31. The van der Waals surface area contributed by atoms with Crippen molar-refractivity contribution < 1.29 is 32.9 Å². The van der Waals surface area contributed by atoms with E-state index in [9.17, 15) is 28.2 Å². The number of aromatic nitrogens is 2. The number of benzene rings is 2. The van der Waals surface area contributed by atoms with Crippen molar-refractivity contribution in [2.45, 2.75) is 19.3 Å². The maximum absolute atomic E-state index is 12.9. The van der Waals surface area contributed by atoms with Gasteiger partial charge >= 0.3 is 6.36 Å². The fourth-order valence-electron chi connectivity index (χ4n) is 3.41. The maximum atomic E-state index is 12.9. The van der Waals surface area contributed by atoms with Gasteiger partial charge in [0.15, 0.2) is 0 Å². The predicted molar refractivity (Wildman–Crippen MR) is 104 cm³/mol. The fourth-order valence-corrected chi connectivity index (χ4v) is 3.58. The Bertz CT molecular complexity index is 1150. The van der Waals surface area contributed by atoms with Gasteiger partial charge in [-0.1, -0.05) is 11.6 Å². The molecule has 162 valence electrons. The number of phenols is 2. The van der Waals surface area contributed by atoms with Crippen LogP contribution in [0.25, 0.3) is 11.3 Å². The summed E-state index contributed by atoms with van der Waals surface area (Å²) in [7, 11) is 0. The molecule has 0 spiro atoms. The number of amides is 1. The van der Waals surface area contributed by atoms with E-state index in [-0.39, 0.29) is 34.5 Å². The highest BCUT2D eigenvalue weighted by Crippen LogP contribution is 2.39. The van der Waals surface area contributed by atoms with Crippen LogP contribution >= 0.6 is 11.6 Å². The van der Waals surface area contributed by atoms with Gasteiger partial charge in [-0.05, 0) is 30.3 Å². The van der Waals surface area contributed by atoms with Crippen molar-refractivity contribution in [2.24, 2.45) is 0 Å². The average Bonchev–Trinajstić information content (AvgIpc) is 3.12. The number of nitrogens with one attached hydrogen (secondary N) is 1. The van der Waals surface area contributed by atoms with Crippen molar-refractivity contribution in [2.75, 3.05) is 6.54 Å². The van der Waals surface area contributed by atoms with Gasteiger partial charge in [0.1, 0.15) is 22.9 Å². The molecule has 0 unspecified atom stereocenters. The highest BCUT2D eigenvalue weighted by molar-refractivity contribution is 6.32. The van der Waals surface area contributed by atoms with E-state index in [0.717, 1.165) is 23.9 Å². The Kier molecular flexibility index (Phi) is 5.18. The van der Waals surface area contributed by atoms with E-state index in [0.29, 0.717) is 29.8 Å². The number of H-pyrrole nitrogens is 1. The van der Waals surface area contributed by atoms with Crippen LogP contribution in [0.1, 0.15) is 21.6 Å². The number of alkyl halides is 3. The summed E-state index contributed by atoms with van der Waals surface area (Å²) >= 11 is 5.95. The van der Waals surface area contributed by atoms with E-state index in [1.54, 1.807) is 0 Å². The zero-order valence-corrected chi connectivity index (χ0v) is 16.5. The number of carbonyl (C=O) groups excluding carboxylic acids is 1. The molecule has 4 rings (SSSR count). The predicted octanol–water partition coefficient (Wildman–Crippen LogP) is 4.24. The van der Waals surface area contributed by atoms with Crippen molar-refractivity contribution in [1.29, 1.82) is 0 Å². The number of phenolic OH excluding ortho intramolecular Hbond substituents is 2. The Balaban J connectivity index is 1.57. The second kappa shape index (κ2) is 7.69. The molecule has 2 aromatic carbocycles. The summed E-state index contributed by atoms with van der Waals surface area (Å²) in [5.41, 5.74) is 2.35. The van der Waals surface area contributed by atoms with Gasteiger partial charge in [-0.3, -0.25) is 9.89 Å². The summed E-state index contributed by atoms with van der Waals surface area (Å²) in [6, 6.07) is 7.17. The Morgan fingerprint density at radius 3 is 2.55 bits per heavy atom. The molecule has 7 nitrogen and oxygen atoms in total. The quantitative estimate of drug-likeness (QED) is 0.551. The molecular weight excluding hydrogens is 439 g/mol. The summed E-state index contributed by atoms with van der Waals surface area (Å²) in [6.45, 7) is 0.537. The SMILES string of the molecule is O=C(c1ccc(OC(F)(F)F)cc1)N1CCc2[nH]nc(-c3cc(Cl)c(O)cc3O)c2C1. The Labute approximate surface area is 178 Å². The van der Waals surface area contributed by atoms with Crippen LogP contribution in [-0.4, -0.2) is 44.1 Å². The molecule has 3 aromatic rings. The lowest BCUT2D eigenvalue weighted by Crippen LogP contribution is -2.35. The van der Waals surface area contributed by atoms with Crippen LogP contribution in [0.5, 0.6) is 17.2 Å². The minimum absolute atomic E-state index is 0.0365. The third kappa shape index (κ3) is 4.24. The lowest BCUT2D eigenvalue weighted by Gasteiger charge is -2.27. The Morgan fingerprint density at radius 1 is 1.16 bits per heavy atom. The number of fused-ring (bicyclic) bond motifs is 1. The first-order chi connectivity index (χ1) is 14.6. The van der Waals surface area contributed by atoms with Gasteiger partial charge in [0.25, 0.3) is 5.91 Å². The lowest BCUT2D eigenvalue weighted by molar-refractivity contribution is -0.274. The second-order valence-electron chi connectivity index (χ2n) is 6.90. The van der Waals surface area contributed by atoms with Gasteiger partial charge in [-0.25, -0.2) is 0 Å². The van der Waals surface area contributed by atoms with E-state index in [1.807, 2.05) is 0 Å². The minimum Gasteiger partial charge on any atom is -0.507 e. The summed E-state index contributed by atoms with van der Waals surface area (Å²) in [6.07, 6.45) is -4.34. The Hall–Kier alpha value is -3.40. The van der Waals surface area contributed by atoms with E-state index < -0.39 is 12.1 Å². The van der Waals surface area contributed by atoms with Gasteiger partial charge in [-0.2, -0.15) is 5.10 Å². The number of aromatic amines is 1. The first-order valence-corrected chi connectivity index (χ1v) is 9.43. The standard InChI is InChI=1S/C20H15ClF3N3O4/c21-14-7-12(16(28)8-17(14)29)18-13-9-27(6-5-15(13)25-26-18)19(30)10-1-3-11(4-2-10)31-20(22,23)24/h1-4,7-8,28-29H,5-6,9H2,(H,25,26). The molecular formula is C20H15ClF3N3O4. The molecule has 1 aliphatic heterocycles. The molecule has 0 aliphatic carbocycles. The van der Waals surface area contributed by atoms with Gasteiger partial charge in [0.2, 0.25) is 0 Å². The lowest BCUT2D eigenvalue weighted by atomic mass is 9.99. The first kappa shape index (κ1) is 20.9. The molecule has 1 aromatic heterocycles. The normalized spacial score (nSPS) is 13.7. The fraction of sp³-hybridized carbons (Fsp3) is 0.200. The highest BCUT2D eigenvalue weighted by atomic mass is 35.5. The minimum atomic E-state index is -4.81. The molecule has 0 fully saturated rings. The van der Waals surface area contributed by atoms with Gasteiger partial charge in [-0.15, -0.1) is 13.2 Å². The van der Waals surface area contributed by atoms with Crippen LogP contribution in [0, 0.1) is 0 Å². The van der Waals surface area contributed by atoms with Crippen LogP contribution in [0.2, 0.25) is 5.02 Å². The topological polar surface area (TPSA) is 98.7 Å². The molecule has 11 heteroatoms. The number of carbonyl (C=O) groups is 1. The van der Waals surface area contributed by atoms with E-state index >= 15 is 0 Å². The summed E-state index contributed by atoms with van der Waals surface area (Å²) in [5, 5.41) is 27.0. The molecule has 2 heterocycles. The number of aromatic hydroxyl groups is 2. The smallest absolute Gasteiger partial charge is 0.507 e. The van der Waals surface area contributed by atoms with Gasteiger partial charge in [0.05, 0.1) is 5.02 Å². The summed E-state index contributed by atoms with van der Waals surface area (Å²) in [4.78, 5) is 14.4. The molecule has 0 atom stereocenters. The number of ether oxygens (including phenoxy) is 1. The molecule has 0 saturated heterocycles. The zero-order chi connectivity index (χ0) is 22.3. The summed E-state index contributed by atoms with van der Waals surface area (Å²) in [5.74, 6) is -1.28. The summed E-state index contributed by atoms with van der Waals surface area (Å²) < 4.78 is 40.7. The van der Waals surface area contributed by atoms with Gasteiger partial charge < -0.3 is 19.8 Å². The second-order valence-corrected chi connectivity index (χ2v) is 7.31. The Morgan fingerprint density at radius 2 is 1.87 bits per heavy atom. The van der Waals surface area contributed by atoms with Crippen molar-refractivity contribution in [1.82, 2.24) is 15.1 Å². The van der Waals surface area contributed by atoms with Crippen molar-refractivity contribution in [3.05, 3.63) is 58.2 Å². The van der Waals surface area contributed by atoms with E-state index in [1.165, 1.54) is 23.1 Å². The molecule has 1 amide bonds. The van der Waals surface area contributed by atoms with Crippen LogP contribution in [0.15, 0.2) is 36.4 Å². The van der Waals surface area contributed by atoms with E-state index in [2.05, 4.69) is 14.9 Å². The average molecular weight is 454 g/mol. The van der Waals surface area contributed by atoms with Crippen molar-refractivity contribution in [3.8, 4) is 28.5 Å². The van der Waals surface area contributed by atoms with Crippen LogP contribution in [0.4, 0.5) is 13.2 Å². The molecule has 3 N–H and O–H groups in total. The molecule has 31 heavy (non-hydrogen) atoms. The van der Waals surface area contributed by atoms with Crippen LogP contribution in [0.3, 0.4) is 0 Å². The van der Waals surface area contributed by atoms with E-state index in [4.69, 9.17) is 11.6 Å². The number of halogens is 4. The third-order valence-electron chi connectivity index (χ3n) is 4.88. The molecule has 0 saturated carbocycles. The van der Waals surface area contributed by atoms with Gasteiger partial charge in [0, 0.05) is 48.0 Å². The van der Waals surface area contributed by atoms with Crippen LogP contribution in [-0.2, 0) is 13.0 Å². The number of hydrogen-bond donors (Lipinski definition) is 3. The first-order valence-electron chi connectivity index (χ1n) is 9.05. The number of hydrogen-bond acceptors (Lipinski definition) is 5. The third-order valence-corrected chi connectivity index (χ3v) is 5.18. The number of rotatable bonds is 3. The van der Waals surface area contributed by atoms with Crippen LogP contribution < -0.4 is 4.74 Å². The maximum Gasteiger partial charge on any atom is 0.573 e. The largest absolute Gasteiger partial charge is 0.573 e. The van der Waals surface area contributed by atoms with Crippen molar-refractivity contribution >= 4 is 17.5 Å². The number of nitrogens with zero attached hydrogens (tertiary/aromatic N) is 2. The molecule has 1 aliphatic rings. The van der Waals surface area contributed by atoms with Crippen molar-refractivity contribution in [3.63, 3.8) is 0 Å². The monoisotopic (exact) mass is 453 g/mol.